The molecule has 0 unspecified atom stereocenters. The van der Waals surface area contributed by atoms with Crippen molar-refractivity contribution in [2.24, 2.45) is 0 Å². The first-order valence-corrected chi connectivity index (χ1v) is 9.21. The molecule has 0 atom stereocenters. The number of hydrogen-bond acceptors (Lipinski definition) is 3. The van der Waals surface area contributed by atoms with Crippen LogP contribution in [0.15, 0.2) is 60.9 Å². The lowest BCUT2D eigenvalue weighted by Crippen LogP contribution is -2.27. The molecule has 3 aromatic rings. The van der Waals surface area contributed by atoms with Gasteiger partial charge in [0.15, 0.2) is 0 Å². The normalized spacial score (nSPS) is 11.8. The molecule has 1 aromatic carbocycles. The fraction of sp³-hybridized carbons (Fsp3) is 0.235. The third kappa shape index (κ3) is 4.18. The Balaban J connectivity index is 1.54. The summed E-state index contributed by atoms with van der Waals surface area (Å²) in [6, 6.07) is 15.7. The number of rotatable bonds is 7. The summed E-state index contributed by atoms with van der Waals surface area (Å²) in [6.45, 7) is 0.200. The Hall–Kier alpha value is -2.18. The van der Waals surface area contributed by atoms with E-state index in [0.29, 0.717) is 12.2 Å². The Morgan fingerprint density at radius 2 is 1.83 bits per heavy atom. The van der Waals surface area contributed by atoms with Gasteiger partial charge in [0.05, 0.1) is 24.0 Å². The average molecular weight is 329 g/mol. The number of aromatic nitrogens is 2. The van der Waals surface area contributed by atoms with Crippen LogP contribution in [-0.2, 0) is 23.0 Å². The van der Waals surface area contributed by atoms with Crippen molar-refractivity contribution < 1.29 is 8.42 Å². The Morgan fingerprint density at radius 3 is 2.65 bits per heavy atom. The molecule has 5 nitrogen and oxygen atoms in total. The van der Waals surface area contributed by atoms with Gasteiger partial charge in [0.25, 0.3) is 0 Å². The molecular formula is C17H19N3O2S. The number of nitrogens with one attached hydrogen (secondary N) is 1. The number of aryl methyl sites for hydroxylation is 1. The number of benzene rings is 1. The van der Waals surface area contributed by atoms with Gasteiger partial charge in [0.2, 0.25) is 10.0 Å². The molecule has 0 radical (unpaired) electrons. The largest absolute Gasteiger partial charge is 0.303 e. The smallest absolute Gasteiger partial charge is 0.212 e. The van der Waals surface area contributed by atoms with E-state index in [1.807, 2.05) is 59.1 Å². The van der Waals surface area contributed by atoms with Crippen LogP contribution in [0.3, 0.4) is 0 Å². The van der Waals surface area contributed by atoms with Crippen LogP contribution in [0.4, 0.5) is 0 Å². The number of hydrogen-bond donors (Lipinski definition) is 1. The summed E-state index contributed by atoms with van der Waals surface area (Å²) in [5.74, 6) is 0.804. The van der Waals surface area contributed by atoms with Gasteiger partial charge in [-0.3, -0.25) is 0 Å². The molecule has 0 saturated heterocycles. The van der Waals surface area contributed by atoms with Crippen molar-refractivity contribution in [2.45, 2.75) is 19.4 Å². The third-order valence-corrected chi connectivity index (χ3v) is 5.10. The number of sulfonamides is 1. The van der Waals surface area contributed by atoms with Crippen LogP contribution in [0.5, 0.6) is 0 Å². The van der Waals surface area contributed by atoms with Gasteiger partial charge >= 0.3 is 0 Å². The molecule has 0 bridgehead atoms. The maximum Gasteiger partial charge on any atom is 0.212 e. The summed E-state index contributed by atoms with van der Waals surface area (Å²) in [6.07, 6.45) is 4.97. The van der Waals surface area contributed by atoms with E-state index in [1.54, 1.807) is 6.20 Å². The van der Waals surface area contributed by atoms with Gasteiger partial charge in [-0.25, -0.2) is 18.1 Å². The van der Waals surface area contributed by atoms with Crippen LogP contribution in [0.25, 0.3) is 5.52 Å². The van der Waals surface area contributed by atoms with E-state index in [4.69, 9.17) is 0 Å². The lowest BCUT2D eigenvalue weighted by Gasteiger charge is -2.06. The van der Waals surface area contributed by atoms with E-state index < -0.39 is 10.0 Å². The molecular weight excluding hydrogens is 310 g/mol. The van der Waals surface area contributed by atoms with E-state index in [9.17, 15) is 8.42 Å². The molecule has 2 aromatic heterocycles. The maximum atomic E-state index is 12.1. The average Bonchev–Trinajstić information content (AvgIpc) is 2.97. The first-order chi connectivity index (χ1) is 11.1. The van der Waals surface area contributed by atoms with E-state index in [2.05, 4.69) is 9.71 Å². The summed E-state index contributed by atoms with van der Waals surface area (Å²) in [5.41, 5.74) is 2.10. The van der Waals surface area contributed by atoms with Crippen LogP contribution in [-0.4, -0.2) is 23.6 Å². The zero-order valence-electron chi connectivity index (χ0n) is 12.7. The summed E-state index contributed by atoms with van der Waals surface area (Å²) in [5, 5.41) is 0. The fourth-order valence-electron chi connectivity index (χ4n) is 2.49. The van der Waals surface area contributed by atoms with E-state index in [0.717, 1.165) is 17.5 Å². The van der Waals surface area contributed by atoms with Crippen molar-refractivity contribution in [3.05, 3.63) is 72.3 Å². The molecule has 1 N–H and O–H groups in total. The van der Waals surface area contributed by atoms with Crippen LogP contribution in [0.2, 0.25) is 0 Å². The van der Waals surface area contributed by atoms with E-state index in [-0.39, 0.29) is 12.3 Å². The highest BCUT2D eigenvalue weighted by atomic mass is 32.2. The van der Waals surface area contributed by atoms with Gasteiger partial charge in [-0.1, -0.05) is 36.4 Å². The van der Waals surface area contributed by atoms with Crippen LogP contribution < -0.4 is 4.72 Å². The highest BCUT2D eigenvalue weighted by Crippen LogP contribution is 2.07. The molecule has 0 fully saturated rings. The second kappa shape index (κ2) is 6.93. The fourth-order valence-corrected chi connectivity index (χ4v) is 3.51. The standard InChI is InChI=1S/C17H19N3O2S/c21-23(22,12-6-9-15-7-2-1-3-8-15)19-14-17-18-13-16-10-4-5-11-20(16)17/h1-5,7-8,10-11,13,19H,6,9,12,14H2. The van der Waals surface area contributed by atoms with Crippen LogP contribution >= 0.6 is 0 Å². The summed E-state index contributed by atoms with van der Waals surface area (Å²) < 4.78 is 28.7. The Kier molecular flexibility index (Phi) is 4.73. The quantitative estimate of drug-likeness (QED) is 0.724. The monoisotopic (exact) mass is 329 g/mol. The van der Waals surface area contributed by atoms with Crippen molar-refractivity contribution in [1.82, 2.24) is 14.1 Å². The molecule has 0 aliphatic carbocycles. The molecule has 0 amide bonds. The number of nitrogens with zero attached hydrogens (tertiary/aromatic N) is 2. The first-order valence-electron chi connectivity index (χ1n) is 7.56. The first kappa shape index (κ1) is 15.7. The lowest BCUT2D eigenvalue weighted by atomic mass is 10.1. The molecule has 0 aliphatic heterocycles. The summed E-state index contributed by atoms with van der Waals surface area (Å²) in [7, 11) is -3.30. The predicted octanol–water partition coefficient (Wildman–Crippen LogP) is 2.39. The molecule has 3 rings (SSSR count). The van der Waals surface area contributed by atoms with Gasteiger partial charge in [0, 0.05) is 6.20 Å². The maximum absolute atomic E-state index is 12.1. The summed E-state index contributed by atoms with van der Waals surface area (Å²) >= 11 is 0. The van der Waals surface area contributed by atoms with Gasteiger partial charge in [-0.2, -0.15) is 0 Å². The number of fused-ring (bicyclic) bond motifs is 1. The molecule has 2 heterocycles. The van der Waals surface area contributed by atoms with Crippen LogP contribution in [0, 0.1) is 0 Å². The minimum absolute atomic E-state index is 0.116. The Morgan fingerprint density at radius 1 is 1.04 bits per heavy atom. The van der Waals surface area contributed by atoms with Crippen molar-refractivity contribution in [2.75, 3.05) is 5.75 Å². The van der Waals surface area contributed by atoms with Gasteiger partial charge in [-0.05, 0) is 30.5 Å². The molecule has 0 aliphatic rings. The SMILES string of the molecule is O=S(=O)(CCCc1ccccc1)NCc1ncc2ccccn12. The van der Waals surface area contributed by atoms with Crippen molar-refractivity contribution in [3.63, 3.8) is 0 Å². The zero-order valence-corrected chi connectivity index (χ0v) is 13.5. The minimum Gasteiger partial charge on any atom is -0.303 e. The summed E-state index contributed by atoms with van der Waals surface area (Å²) in [4.78, 5) is 4.26. The van der Waals surface area contributed by atoms with Gasteiger partial charge in [0.1, 0.15) is 5.82 Å². The number of imidazole rings is 1. The minimum atomic E-state index is -3.30. The highest BCUT2D eigenvalue weighted by molar-refractivity contribution is 7.89. The third-order valence-electron chi connectivity index (χ3n) is 3.69. The zero-order chi connectivity index (χ0) is 16.1. The molecule has 0 spiro atoms. The Bertz CT molecular complexity index is 873. The van der Waals surface area contributed by atoms with Gasteiger partial charge in [-0.15, -0.1) is 0 Å². The van der Waals surface area contributed by atoms with Crippen molar-refractivity contribution in [1.29, 1.82) is 0 Å². The lowest BCUT2D eigenvalue weighted by molar-refractivity contribution is 0.576. The van der Waals surface area contributed by atoms with E-state index in [1.165, 1.54) is 0 Å². The van der Waals surface area contributed by atoms with Crippen molar-refractivity contribution >= 4 is 15.5 Å². The molecule has 0 saturated carbocycles. The van der Waals surface area contributed by atoms with Gasteiger partial charge < -0.3 is 4.40 Å². The molecule has 6 heteroatoms. The van der Waals surface area contributed by atoms with Crippen LogP contribution in [0.1, 0.15) is 17.8 Å². The second-order valence-electron chi connectivity index (χ2n) is 5.40. The predicted molar refractivity (Wildman–Crippen MR) is 90.6 cm³/mol. The highest BCUT2D eigenvalue weighted by Gasteiger charge is 2.12. The Labute approximate surface area is 136 Å². The molecule has 23 heavy (non-hydrogen) atoms. The second-order valence-corrected chi connectivity index (χ2v) is 7.33. The molecule has 120 valence electrons. The number of pyridine rings is 1. The van der Waals surface area contributed by atoms with E-state index >= 15 is 0 Å². The topological polar surface area (TPSA) is 63.5 Å². The van der Waals surface area contributed by atoms with Crippen molar-refractivity contribution in [3.8, 4) is 0 Å².